The standard InChI is InChI=1S/C10H10BrN3O/c1-14-6-8(12)10(13-14)15-9-5-3-2-4-7(9)11/h2-6H,12H2,1H3. The quantitative estimate of drug-likeness (QED) is 0.910. The Bertz CT molecular complexity index is 481. The number of nitrogen functional groups attached to an aromatic ring is 1. The highest BCUT2D eigenvalue weighted by Gasteiger charge is 2.08. The van der Waals surface area contributed by atoms with Gasteiger partial charge in [-0.3, -0.25) is 4.68 Å². The summed E-state index contributed by atoms with van der Waals surface area (Å²) in [5.41, 5.74) is 6.24. The highest BCUT2D eigenvalue weighted by molar-refractivity contribution is 9.10. The number of halogens is 1. The van der Waals surface area contributed by atoms with Crippen LogP contribution >= 0.6 is 15.9 Å². The molecule has 0 aliphatic rings. The zero-order valence-electron chi connectivity index (χ0n) is 8.14. The minimum atomic E-state index is 0.421. The second-order valence-electron chi connectivity index (χ2n) is 3.10. The fourth-order valence-electron chi connectivity index (χ4n) is 1.20. The maximum atomic E-state index is 5.72. The summed E-state index contributed by atoms with van der Waals surface area (Å²) in [6.07, 6.45) is 1.70. The van der Waals surface area contributed by atoms with Crippen LogP contribution in [0.5, 0.6) is 11.6 Å². The van der Waals surface area contributed by atoms with Crippen molar-refractivity contribution in [1.29, 1.82) is 0 Å². The number of para-hydroxylation sites is 1. The number of aryl methyl sites for hydroxylation is 1. The summed E-state index contributed by atoms with van der Waals surface area (Å²) in [7, 11) is 1.79. The third-order valence-electron chi connectivity index (χ3n) is 1.86. The molecule has 0 atom stereocenters. The predicted molar refractivity (Wildman–Crippen MR) is 61.8 cm³/mol. The average molecular weight is 268 g/mol. The SMILES string of the molecule is Cn1cc(N)c(Oc2ccccc2Br)n1. The van der Waals surface area contributed by atoms with Crippen molar-refractivity contribution in [3.63, 3.8) is 0 Å². The second-order valence-corrected chi connectivity index (χ2v) is 3.95. The van der Waals surface area contributed by atoms with Crippen molar-refractivity contribution in [2.75, 3.05) is 5.73 Å². The van der Waals surface area contributed by atoms with Crippen molar-refractivity contribution in [3.8, 4) is 11.6 Å². The highest BCUT2D eigenvalue weighted by atomic mass is 79.9. The van der Waals surface area contributed by atoms with Crippen LogP contribution in [-0.2, 0) is 7.05 Å². The van der Waals surface area contributed by atoms with Crippen LogP contribution in [-0.4, -0.2) is 9.78 Å². The van der Waals surface area contributed by atoms with Crippen LogP contribution in [0.2, 0.25) is 0 Å². The van der Waals surface area contributed by atoms with E-state index in [1.807, 2.05) is 24.3 Å². The van der Waals surface area contributed by atoms with Gasteiger partial charge >= 0.3 is 0 Å². The van der Waals surface area contributed by atoms with Crippen molar-refractivity contribution in [2.24, 2.45) is 7.05 Å². The zero-order chi connectivity index (χ0) is 10.8. The third-order valence-corrected chi connectivity index (χ3v) is 2.52. The average Bonchev–Trinajstić information content (AvgIpc) is 2.49. The van der Waals surface area contributed by atoms with Gasteiger partial charge in [0.05, 0.1) is 10.7 Å². The van der Waals surface area contributed by atoms with Crippen LogP contribution in [0.25, 0.3) is 0 Å². The highest BCUT2D eigenvalue weighted by Crippen LogP contribution is 2.30. The van der Waals surface area contributed by atoms with Gasteiger partial charge in [0, 0.05) is 7.05 Å². The van der Waals surface area contributed by atoms with E-state index in [1.165, 1.54) is 0 Å². The van der Waals surface area contributed by atoms with E-state index >= 15 is 0 Å². The van der Waals surface area contributed by atoms with Crippen molar-refractivity contribution >= 4 is 21.6 Å². The van der Waals surface area contributed by atoms with E-state index in [2.05, 4.69) is 21.0 Å². The molecule has 0 fully saturated rings. The van der Waals surface area contributed by atoms with Gasteiger partial charge in [-0.15, -0.1) is 5.10 Å². The van der Waals surface area contributed by atoms with Crippen LogP contribution in [0.1, 0.15) is 0 Å². The van der Waals surface area contributed by atoms with Gasteiger partial charge in [0.15, 0.2) is 0 Å². The summed E-state index contributed by atoms with van der Waals surface area (Å²) in [6.45, 7) is 0. The van der Waals surface area contributed by atoms with Gasteiger partial charge in [-0.2, -0.15) is 0 Å². The zero-order valence-corrected chi connectivity index (χ0v) is 9.73. The van der Waals surface area contributed by atoms with Gasteiger partial charge < -0.3 is 10.5 Å². The molecule has 5 heteroatoms. The predicted octanol–water partition coefficient (Wildman–Crippen LogP) is 2.56. The second kappa shape index (κ2) is 3.94. The van der Waals surface area contributed by atoms with E-state index in [1.54, 1.807) is 17.9 Å². The van der Waals surface area contributed by atoms with Crippen LogP contribution < -0.4 is 10.5 Å². The summed E-state index contributed by atoms with van der Waals surface area (Å²) in [5.74, 6) is 1.12. The number of rotatable bonds is 2. The Labute approximate surface area is 95.8 Å². The number of ether oxygens (including phenoxy) is 1. The molecule has 0 unspecified atom stereocenters. The van der Waals surface area contributed by atoms with E-state index in [9.17, 15) is 0 Å². The molecular weight excluding hydrogens is 258 g/mol. The monoisotopic (exact) mass is 267 g/mol. The Morgan fingerprint density at radius 3 is 2.73 bits per heavy atom. The number of benzene rings is 1. The molecule has 1 aromatic carbocycles. The van der Waals surface area contributed by atoms with Gasteiger partial charge in [0.25, 0.3) is 5.88 Å². The molecule has 0 aliphatic carbocycles. The Kier molecular flexibility index (Phi) is 2.64. The summed E-state index contributed by atoms with van der Waals surface area (Å²) in [5, 5.41) is 4.10. The minimum absolute atomic E-state index is 0.421. The molecule has 78 valence electrons. The Morgan fingerprint density at radius 2 is 2.13 bits per heavy atom. The summed E-state index contributed by atoms with van der Waals surface area (Å²) < 4.78 is 8.04. The maximum Gasteiger partial charge on any atom is 0.261 e. The first-order chi connectivity index (χ1) is 7.16. The lowest BCUT2D eigenvalue weighted by Crippen LogP contribution is -1.91. The Balaban J connectivity index is 2.29. The van der Waals surface area contributed by atoms with Crippen LogP contribution in [0.15, 0.2) is 34.9 Å². The van der Waals surface area contributed by atoms with Crippen LogP contribution in [0.3, 0.4) is 0 Å². The molecule has 2 rings (SSSR count). The number of hydrogen-bond acceptors (Lipinski definition) is 3. The van der Waals surface area contributed by atoms with Gasteiger partial charge in [-0.25, -0.2) is 0 Å². The van der Waals surface area contributed by atoms with E-state index in [0.717, 1.165) is 4.47 Å². The minimum Gasteiger partial charge on any atom is -0.435 e. The topological polar surface area (TPSA) is 53.1 Å². The summed E-state index contributed by atoms with van der Waals surface area (Å²) >= 11 is 3.38. The smallest absolute Gasteiger partial charge is 0.261 e. The molecule has 0 radical (unpaired) electrons. The number of nitrogens with two attached hydrogens (primary N) is 1. The molecule has 2 N–H and O–H groups in total. The van der Waals surface area contributed by atoms with Gasteiger partial charge in [0.2, 0.25) is 0 Å². The molecule has 2 aromatic rings. The first kappa shape index (κ1) is 10.0. The van der Waals surface area contributed by atoms with Crippen molar-refractivity contribution < 1.29 is 4.74 Å². The molecule has 0 aliphatic heterocycles. The Morgan fingerprint density at radius 1 is 1.40 bits per heavy atom. The lowest BCUT2D eigenvalue weighted by atomic mass is 10.3. The van der Waals surface area contributed by atoms with Crippen molar-refractivity contribution in [2.45, 2.75) is 0 Å². The van der Waals surface area contributed by atoms with E-state index in [0.29, 0.717) is 17.3 Å². The first-order valence-corrected chi connectivity index (χ1v) is 5.17. The fraction of sp³-hybridized carbons (Fsp3) is 0.100. The normalized spacial score (nSPS) is 10.3. The molecule has 1 aromatic heterocycles. The van der Waals surface area contributed by atoms with Gasteiger partial charge in [-0.05, 0) is 28.1 Å². The Hall–Kier alpha value is -1.49. The number of nitrogens with zero attached hydrogens (tertiary/aromatic N) is 2. The first-order valence-electron chi connectivity index (χ1n) is 4.38. The molecule has 15 heavy (non-hydrogen) atoms. The molecule has 1 heterocycles. The molecule has 0 spiro atoms. The van der Waals surface area contributed by atoms with Crippen LogP contribution in [0, 0.1) is 0 Å². The number of hydrogen-bond donors (Lipinski definition) is 1. The van der Waals surface area contributed by atoms with Crippen molar-refractivity contribution in [1.82, 2.24) is 9.78 Å². The van der Waals surface area contributed by atoms with Crippen molar-refractivity contribution in [3.05, 3.63) is 34.9 Å². The molecular formula is C10H10BrN3O. The fourth-order valence-corrected chi connectivity index (χ4v) is 1.56. The van der Waals surface area contributed by atoms with E-state index in [-0.39, 0.29) is 0 Å². The molecule has 4 nitrogen and oxygen atoms in total. The van der Waals surface area contributed by atoms with E-state index in [4.69, 9.17) is 10.5 Å². The number of aromatic nitrogens is 2. The molecule has 0 amide bonds. The summed E-state index contributed by atoms with van der Waals surface area (Å²) in [6, 6.07) is 7.55. The van der Waals surface area contributed by atoms with Gasteiger partial charge in [0.1, 0.15) is 11.4 Å². The van der Waals surface area contributed by atoms with Gasteiger partial charge in [-0.1, -0.05) is 12.1 Å². The molecule has 0 bridgehead atoms. The third kappa shape index (κ3) is 2.12. The number of anilines is 1. The lowest BCUT2D eigenvalue weighted by molar-refractivity contribution is 0.453. The molecule has 0 saturated carbocycles. The maximum absolute atomic E-state index is 5.72. The summed E-state index contributed by atoms with van der Waals surface area (Å²) in [4.78, 5) is 0. The van der Waals surface area contributed by atoms with E-state index < -0.39 is 0 Å². The molecule has 0 saturated heterocycles. The largest absolute Gasteiger partial charge is 0.435 e. The lowest BCUT2D eigenvalue weighted by Gasteiger charge is -2.04. The van der Waals surface area contributed by atoms with Crippen LogP contribution in [0.4, 0.5) is 5.69 Å².